The van der Waals surface area contributed by atoms with E-state index in [4.69, 9.17) is 5.73 Å². The van der Waals surface area contributed by atoms with Gasteiger partial charge >= 0.3 is 12.1 Å². The number of nitrogens with two attached hydrogens (primary N) is 1. The van der Waals surface area contributed by atoms with Gasteiger partial charge in [-0.1, -0.05) is 0 Å². The number of amides is 3. The molecule has 30 heavy (non-hydrogen) atoms. The Labute approximate surface area is 171 Å². The summed E-state index contributed by atoms with van der Waals surface area (Å²) in [4.78, 5) is 38.8. The SMILES string of the molecule is NC(=O)[C@@H]1C[C@@H]2C[C@@H]2N1C(=O)[C@@H](NC(=O)C(F)(F)F)C12C[C@@H]3C[C@@H](CC(O)(C3)C1)C2. The Balaban J connectivity index is 1.51. The van der Waals surface area contributed by atoms with Crippen molar-refractivity contribution < 1.29 is 32.7 Å². The van der Waals surface area contributed by atoms with Gasteiger partial charge in [-0.3, -0.25) is 14.4 Å². The summed E-state index contributed by atoms with van der Waals surface area (Å²) in [6, 6.07) is -2.49. The Morgan fingerprint density at radius 2 is 1.70 bits per heavy atom. The maximum Gasteiger partial charge on any atom is 0.471 e. The predicted octanol–water partition coefficient (Wildman–Crippen LogP) is 0.839. The van der Waals surface area contributed by atoms with Crippen molar-refractivity contribution in [2.45, 2.75) is 81.3 Å². The number of fused-ring (bicyclic) bond motifs is 1. The molecule has 1 heterocycles. The number of rotatable bonds is 4. The minimum absolute atomic E-state index is 0.119. The number of carbonyl (C=O) groups is 3. The highest BCUT2D eigenvalue weighted by atomic mass is 19.4. The molecule has 4 N–H and O–H groups in total. The summed E-state index contributed by atoms with van der Waals surface area (Å²) < 4.78 is 39.4. The predicted molar refractivity (Wildman–Crippen MR) is 96.4 cm³/mol. The van der Waals surface area contributed by atoms with E-state index in [0.29, 0.717) is 38.5 Å². The molecular formula is C20H26F3N3O4. The highest BCUT2D eigenvalue weighted by Crippen LogP contribution is 2.63. The summed E-state index contributed by atoms with van der Waals surface area (Å²) >= 11 is 0. The maximum atomic E-state index is 13.6. The zero-order chi connectivity index (χ0) is 21.6. The lowest BCUT2D eigenvalue weighted by Gasteiger charge is -2.62. The van der Waals surface area contributed by atoms with Crippen LogP contribution in [0, 0.1) is 23.2 Å². The van der Waals surface area contributed by atoms with Crippen molar-refractivity contribution in [2.75, 3.05) is 0 Å². The van der Waals surface area contributed by atoms with E-state index in [1.54, 1.807) is 0 Å². The second-order valence-electron chi connectivity index (χ2n) is 10.4. The number of hydrogen-bond acceptors (Lipinski definition) is 4. The lowest BCUT2D eigenvalue weighted by Crippen LogP contribution is -2.67. The van der Waals surface area contributed by atoms with Gasteiger partial charge in [-0.15, -0.1) is 0 Å². The van der Waals surface area contributed by atoms with Gasteiger partial charge in [0.25, 0.3) is 0 Å². The molecule has 0 spiro atoms. The Kier molecular flexibility index (Phi) is 4.09. The van der Waals surface area contributed by atoms with Crippen LogP contribution in [-0.2, 0) is 14.4 Å². The monoisotopic (exact) mass is 429 g/mol. The number of alkyl halides is 3. The summed E-state index contributed by atoms with van der Waals surface area (Å²) in [5.41, 5.74) is 3.52. The Hall–Kier alpha value is -1.84. The first-order valence-corrected chi connectivity index (χ1v) is 10.6. The highest BCUT2D eigenvalue weighted by Gasteiger charge is 2.64. The molecule has 7 nitrogen and oxygen atoms in total. The van der Waals surface area contributed by atoms with Crippen molar-refractivity contribution in [1.82, 2.24) is 10.2 Å². The fourth-order valence-electron chi connectivity index (χ4n) is 7.49. The fraction of sp³-hybridized carbons (Fsp3) is 0.850. The average molecular weight is 429 g/mol. The number of piperidine rings is 1. The largest absolute Gasteiger partial charge is 0.471 e. The molecule has 0 aromatic carbocycles. The molecule has 5 saturated carbocycles. The van der Waals surface area contributed by atoms with Crippen LogP contribution in [0.4, 0.5) is 13.2 Å². The topological polar surface area (TPSA) is 113 Å². The second-order valence-corrected chi connectivity index (χ2v) is 10.4. The third-order valence-electron chi connectivity index (χ3n) is 8.15. The Morgan fingerprint density at radius 1 is 1.07 bits per heavy atom. The molecule has 6 fully saturated rings. The fourth-order valence-corrected chi connectivity index (χ4v) is 7.49. The van der Waals surface area contributed by atoms with E-state index in [2.05, 4.69) is 0 Å². The molecule has 5 aliphatic carbocycles. The van der Waals surface area contributed by atoms with Crippen LogP contribution in [0.25, 0.3) is 0 Å². The van der Waals surface area contributed by atoms with E-state index in [0.717, 1.165) is 6.42 Å². The lowest BCUT2D eigenvalue weighted by atomic mass is 9.46. The van der Waals surface area contributed by atoms with Gasteiger partial charge in [-0.05, 0) is 69.1 Å². The third kappa shape index (κ3) is 3.01. The Morgan fingerprint density at radius 3 is 2.23 bits per heavy atom. The third-order valence-corrected chi connectivity index (χ3v) is 8.15. The van der Waals surface area contributed by atoms with Gasteiger partial charge in [0, 0.05) is 11.5 Å². The number of primary amides is 1. The number of halogens is 3. The molecule has 166 valence electrons. The van der Waals surface area contributed by atoms with Gasteiger partial charge < -0.3 is 21.1 Å². The molecule has 0 aromatic rings. The number of carbonyl (C=O) groups excluding carboxylic acids is 3. The summed E-state index contributed by atoms with van der Waals surface area (Å²) in [7, 11) is 0. The summed E-state index contributed by atoms with van der Waals surface area (Å²) in [6.45, 7) is 0. The highest BCUT2D eigenvalue weighted by molar-refractivity contribution is 5.94. The molecule has 3 amide bonds. The smallest absolute Gasteiger partial charge is 0.390 e. The van der Waals surface area contributed by atoms with Crippen LogP contribution in [0.5, 0.6) is 0 Å². The molecule has 0 radical (unpaired) electrons. The quantitative estimate of drug-likeness (QED) is 0.615. The van der Waals surface area contributed by atoms with Crippen LogP contribution < -0.4 is 11.1 Å². The molecule has 6 rings (SSSR count). The average Bonchev–Trinajstić information content (AvgIpc) is 3.25. The van der Waals surface area contributed by atoms with Crippen molar-refractivity contribution in [3.8, 4) is 0 Å². The van der Waals surface area contributed by atoms with Crippen LogP contribution in [0.1, 0.15) is 51.4 Å². The molecule has 2 unspecified atom stereocenters. The summed E-state index contributed by atoms with van der Waals surface area (Å²) in [5.74, 6) is -3.13. The molecule has 1 aliphatic heterocycles. The van der Waals surface area contributed by atoms with Gasteiger partial charge in [-0.2, -0.15) is 13.2 Å². The van der Waals surface area contributed by atoms with Crippen molar-refractivity contribution in [2.24, 2.45) is 28.9 Å². The van der Waals surface area contributed by atoms with Gasteiger partial charge in [0.1, 0.15) is 12.1 Å². The molecule has 4 bridgehead atoms. The number of hydrogen-bond donors (Lipinski definition) is 3. The molecule has 10 heteroatoms. The normalized spacial score (nSPS) is 44.5. The van der Waals surface area contributed by atoms with Crippen LogP contribution in [-0.4, -0.2) is 57.6 Å². The first-order chi connectivity index (χ1) is 13.9. The van der Waals surface area contributed by atoms with E-state index in [1.807, 2.05) is 5.32 Å². The van der Waals surface area contributed by atoms with Crippen LogP contribution in [0.15, 0.2) is 0 Å². The number of aliphatic hydroxyl groups is 1. The molecule has 0 aromatic heterocycles. The number of nitrogens with zero attached hydrogens (tertiary/aromatic N) is 1. The van der Waals surface area contributed by atoms with E-state index < -0.39 is 47.0 Å². The van der Waals surface area contributed by atoms with Crippen LogP contribution in [0.3, 0.4) is 0 Å². The lowest BCUT2D eigenvalue weighted by molar-refractivity contribution is -0.191. The Bertz CT molecular complexity index is 802. The van der Waals surface area contributed by atoms with Gasteiger partial charge in [0.05, 0.1) is 5.60 Å². The standard InChI is InChI=1S/C20H26F3N3O4/c21-20(22,23)17(29)25-14(16(28)26-12-2-11(12)3-13(26)15(24)27)18-4-9-1-10(5-18)7-19(30,6-9)8-18/h9-14,30H,1-8H2,(H2,24,27)(H,25,29)/t9-,10+,11-,12-,13-,14+,18?,19?/m0/s1. The van der Waals surface area contributed by atoms with Crippen LogP contribution >= 0.6 is 0 Å². The molecule has 8 atom stereocenters. The van der Waals surface area contributed by atoms with E-state index in [9.17, 15) is 32.7 Å². The zero-order valence-corrected chi connectivity index (χ0v) is 16.5. The minimum Gasteiger partial charge on any atom is -0.390 e. The first kappa shape index (κ1) is 20.1. The van der Waals surface area contributed by atoms with Crippen molar-refractivity contribution in [3.63, 3.8) is 0 Å². The number of nitrogens with one attached hydrogen (secondary N) is 1. The molecular weight excluding hydrogens is 403 g/mol. The number of likely N-dealkylation sites (tertiary alicyclic amines) is 1. The summed E-state index contributed by atoms with van der Waals surface area (Å²) in [5, 5.41) is 13.0. The van der Waals surface area contributed by atoms with E-state index >= 15 is 0 Å². The van der Waals surface area contributed by atoms with Crippen molar-refractivity contribution in [1.29, 1.82) is 0 Å². The zero-order valence-electron chi connectivity index (χ0n) is 16.5. The maximum absolute atomic E-state index is 13.6. The second kappa shape index (κ2) is 6.11. The molecule has 6 aliphatic rings. The van der Waals surface area contributed by atoms with Gasteiger partial charge in [-0.25, -0.2) is 0 Å². The first-order valence-electron chi connectivity index (χ1n) is 10.6. The van der Waals surface area contributed by atoms with Crippen molar-refractivity contribution >= 4 is 17.7 Å². The van der Waals surface area contributed by atoms with Gasteiger partial charge in [0.2, 0.25) is 11.8 Å². The molecule has 1 saturated heterocycles. The van der Waals surface area contributed by atoms with Crippen molar-refractivity contribution in [3.05, 3.63) is 0 Å². The summed E-state index contributed by atoms with van der Waals surface area (Å²) in [6.07, 6.45) is -0.816. The van der Waals surface area contributed by atoms with Crippen LogP contribution in [0.2, 0.25) is 0 Å². The minimum atomic E-state index is -5.13. The van der Waals surface area contributed by atoms with E-state index in [1.165, 1.54) is 4.90 Å². The van der Waals surface area contributed by atoms with Gasteiger partial charge in [0.15, 0.2) is 0 Å². The van der Waals surface area contributed by atoms with E-state index in [-0.39, 0.29) is 30.2 Å².